The van der Waals surface area contributed by atoms with E-state index >= 15 is 0 Å². The Morgan fingerprint density at radius 2 is 2.14 bits per heavy atom. The molecule has 21 heavy (non-hydrogen) atoms. The quantitative estimate of drug-likeness (QED) is 0.773. The minimum absolute atomic E-state index is 0.119. The fourth-order valence-electron chi connectivity index (χ4n) is 2.76. The summed E-state index contributed by atoms with van der Waals surface area (Å²) in [6.07, 6.45) is 2.57. The number of aromatic amines is 1. The zero-order valence-electron chi connectivity index (χ0n) is 12.2. The van der Waals surface area contributed by atoms with Gasteiger partial charge in [0.1, 0.15) is 0 Å². The molecule has 3 rings (SSSR count). The van der Waals surface area contributed by atoms with Crippen LogP contribution in [0.25, 0.3) is 10.9 Å². The Morgan fingerprint density at radius 1 is 1.33 bits per heavy atom. The molecule has 0 radical (unpaired) electrons. The van der Waals surface area contributed by atoms with E-state index in [4.69, 9.17) is 5.73 Å². The molecule has 0 atom stereocenters. The lowest BCUT2D eigenvalue weighted by atomic mass is 10.1. The van der Waals surface area contributed by atoms with E-state index in [1.165, 1.54) is 4.68 Å². The van der Waals surface area contributed by atoms with Gasteiger partial charge in [0.2, 0.25) is 0 Å². The van der Waals surface area contributed by atoms with E-state index in [0.29, 0.717) is 12.1 Å². The summed E-state index contributed by atoms with van der Waals surface area (Å²) in [6, 6.07) is 7.63. The molecule has 108 valence electrons. The molecule has 0 bridgehead atoms. The Morgan fingerprint density at radius 3 is 2.90 bits per heavy atom. The summed E-state index contributed by atoms with van der Waals surface area (Å²) in [6.45, 7) is 4.38. The van der Waals surface area contributed by atoms with Crippen LogP contribution in [0.4, 0.5) is 0 Å². The highest BCUT2D eigenvalue weighted by Gasteiger charge is 2.19. The van der Waals surface area contributed by atoms with Gasteiger partial charge < -0.3 is 10.7 Å². The molecule has 0 amide bonds. The zero-order chi connectivity index (χ0) is 15.0. The van der Waals surface area contributed by atoms with Crippen molar-refractivity contribution in [3.05, 3.63) is 53.0 Å². The summed E-state index contributed by atoms with van der Waals surface area (Å²) in [5.74, 6) is -0.119. The number of rotatable bonds is 3. The van der Waals surface area contributed by atoms with Crippen molar-refractivity contribution < 1.29 is 4.79 Å². The maximum atomic E-state index is 12.8. The third-order valence-electron chi connectivity index (χ3n) is 3.85. The first-order chi connectivity index (χ1) is 10.1. The van der Waals surface area contributed by atoms with Crippen LogP contribution in [0.5, 0.6) is 0 Å². The molecule has 0 fully saturated rings. The minimum atomic E-state index is -0.119. The van der Waals surface area contributed by atoms with Crippen LogP contribution >= 0.6 is 0 Å². The molecule has 0 aliphatic carbocycles. The number of aromatic nitrogens is 3. The number of para-hydroxylation sites is 1. The fraction of sp³-hybridized carbons (Fsp3) is 0.250. The average molecular weight is 282 g/mol. The van der Waals surface area contributed by atoms with Crippen molar-refractivity contribution >= 4 is 16.8 Å². The molecule has 3 N–H and O–H groups in total. The van der Waals surface area contributed by atoms with Gasteiger partial charge >= 0.3 is 0 Å². The molecule has 0 aliphatic heterocycles. The first-order valence-corrected chi connectivity index (χ1v) is 6.99. The molecular formula is C16H18N4O. The van der Waals surface area contributed by atoms with Crippen LogP contribution in [0.15, 0.2) is 30.5 Å². The number of carbonyl (C=O) groups is 1. The van der Waals surface area contributed by atoms with Crippen LogP contribution in [0.2, 0.25) is 0 Å². The van der Waals surface area contributed by atoms with E-state index in [1.807, 2.05) is 44.3 Å². The molecule has 0 saturated carbocycles. The number of fused-ring (bicyclic) bond motifs is 1. The van der Waals surface area contributed by atoms with Crippen molar-refractivity contribution in [2.45, 2.75) is 20.3 Å². The lowest BCUT2D eigenvalue weighted by molar-refractivity contribution is 0.0944. The highest BCUT2D eigenvalue weighted by atomic mass is 16.2. The number of hydrogen-bond donors (Lipinski definition) is 2. The number of aryl methyl sites for hydroxylation is 1. The van der Waals surface area contributed by atoms with Gasteiger partial charge in [0, 0.05) is 17.3 Å². The van der Waals surface area contributed by atoms with E-state index in [0.717, 1.165) is 34.3 Å². The number of nitrogens with one attached hydrogen (secondary N) is 1. The molecule has 5 nitrogen and oxygen atoms in total. The first-order valence-electron chi connectivity index (χ1n) is 6.99. The lowest BCUT2D eigenvalue weighted by Crippen LogP contribution is -2.16. The summed E-state index contributed by atoms with van der Waals surface area (Å²) >= 11 is 0. The molecule has 1 aromatic carbocycles. The van der Waals surface area contributed by atoms with E-state index in [1.54, 1.807) is 0 Å². The van der Waals surface area contributed by atoms with Gasteiger partial charge in [-0.3, -0.25) is 4.79 Å². The van der Waals surface area contributed by atoms with Crippen molar-refractivity contribution in [1.29, 1.82) is 0 Å². The number of benzene rings is 1. The van der Waals surface area contributed by atoms with Gasteiger partial charge in [-0.1, -0.05) is 12.1 Å². The predicted molar refractivity (Wildman–Crippen MR) is 82.5 cm³/mol. The third kappa shape index (κ3) is 2.15. The molecule has 5 heteroatoms. The molecule has 0 spiro atoms. The van der Waals surface area contributed by atoms with Crippen LogP contribution in [-0.4, -0.2) is 27.2 Å². The second-order valence-corrected chi connectivity index (χ2v) is 5.15. The van der Waals surface area contributed by atoms with Crippen molar-refractivity contribution in [1.82, 2.24) is 14.8 Å². The highest BCUT2D eigenvalue weighted by molar-refractivity contribution is 6.06. The van der Waals surface area contributed by atoms with E-state index in [-0.39, 0.29) is 5.91 Å². The first kappa shape index (κ1) is 13.6. The third-order valence-corrected chi connectivity index (χ3v) is 3.85. The van der Waals surface area contributed by atoms with Crippen molar-refractivity contribution in [3.63, 3.8) is 0 Å². The fourth-order valence-corrected chi connectivity index (χ4v) is 2.76. The van der Waals surface area contributed by atoms with Crippen LogP contribution in [0, 0.1) is 13.8 Å². The number of nitrogens with zero attached hydrogens (tertiary/aromatic N) is 2. The maximum absolute atomic E-state index is 12.8. The average Bonchev–Trinajstić information content (AvgIpc) is 3.06. The topological polar surface area (TPSA) is 76.7 Å². The normalized spacial score (nSPS) is 11.2. The summed E-state index contributed by atoms with van der Waals surface area (Å²) in [5.41, 5.74) is 9.89. The number of nitrogens with two attached hydrogens (primary N) is 1. The van der Waals surface area contributed by atoms with Crippen molar-refractivity contribution in [2.24, 2.45) is 5.73 Å². The van der Waals surface area contributed by atoms with Crippen molar-refractivity contribution in [2.75, 3.05) is 6.54 Å². The number of H-pyrrole nitrogens is 1. The molecule has 3 aromatic rings. The molecular weight excluding hydrogens is 264 g/mol. The van der Waals surface area contributed by atoms with Gasteiger partial charge in [-0.15, -0.1) is 0 Å². The molecule has 0 aliphatic rings. The minimum Gasteiger partial charge on any atom is -0.361 e. The molecule has 0 unspecified atom stereocenters. The predicted octanol–water partition coefficient (Wildman–Crippen LogP) is 2.17. The van der Waals surface area contributed by atoms with Crippen LogP contribution in [0.1, 0.15) is 27.3 Å². The number of carbonyl (C=O) groups excluding carboxylic acids is 1. The van der Waals surface area contributed by atoms with Crippen LogP contribution in [0.3, 0.4) is 0 Å². The van der Waals surface area contributed by atoms with Crippen LogP contribution in [-0.2, 0) is 6.42 Å². The van der Waals surface area contributed by atoms with Gasteiger partial charge in [0.25, 0.3) is 5.91 Å². The Hall–Kier alpha value is -2.40. The van der Waals surface area contributed by atoms with Gasteiger partial charge in [-0.25, -0.2) is 4.68 Å². The maximum Gasteiger partial charge on any atom is 0.280 e. The van der Waals surface area contributed by atoms with E-state index < -0.39 is 0 Å². The van der Waals surface area contributed by atoms with Gasteiger partial charge in [-0.05, 0) is 44.5 Å². The summed E-state index contributed by atoms with van der Waals surface area (Å²) < 4.78 is 1.48. The molecule has 0 saturated heterocycles. The SMILES string of the molecule is Cc1nn(C(=O)c2cccc3cc[nH]c23)c(C)c1CCN. The van der Waals surface area contributed by atoms with Gasteiger partial charge in [-0.2, -0.15) is 5.10 Å². The van der Waals surface area contributed by atoms with E-state index in [2.05, 4.69) is 10.1 Å². The monoisotopic (exact) mass is 282 g/mol. The van der Waals surface area contributed by atoms with E-state index in [9.17, 15) is 4.79 Å². The largest absolute Gasteiger partial charge is 0.361 e. The zero-order valence-corrected chi connectivity index (χ0v) is 12.2. The summed E-state index contributed by atoms with van der Waals surface area (Å²) in [5, 5.41) is 5.41. The Kier molecular flexibility index (Phi) is 3.35. The highest BCUT2D eigenvalue weighted by Crippen LogP contribution is 2.20. The summed E-state index contributed by atoms with van der Waals surface area (Å²) in [7, 11) is 0. The van der Waals surface area contributed by atoms with Gasteiger partial charge in [0.05, 0.1) is 16.8 Å². The second kappa shape index (κ2) is 5.18. The standard InChI is InChI=1S/C16H18N4O/c1-10-13(6-8-17)11(2)20(19-10)16(21)14-5-3-4-12-7-9-18-15(12)14/h3-5,7,9,18H,6,8,17H2,1-2H3. The molecule has 2 aromatic heterocycles. The van der Waals surface area contributed by atoms with Crippen LogP contribution < -0.4 is 5.73 Å². The van der Waals surface area contributed by atoms with Crippen molar-refractivity contribution in [3.8, 4) is 0 Å². The Balaban J connectivity index is 2.11. The Bertz CT molecular complexity index is 813. The van der Waals surface area contributed by atoms with Gasteiger partial charge in [0.15, 0.2) is 0 Å². The smallest absolute Gasteiger partial charge is 0.280 e. The number of hydrogen-bond acceptors (Lipinski definition) is 3. The second-order valence-electron chi connectivity index (χ2n) is 5.15. The lowest BCUT2D eigenvalue weighted by Gasteiger charge is -2.05. The molecule has 2 heterocycles. The Labute approximate surface area is 122 Å². The summed E-state index contributed by atoms with van der Waals surface area (Å²) in [4.78, 5) is 15.9.